The lowest BCUT2D eigenvalue weighted by atomic mass is 9.86. The van der Waals surface area contributed by atoms with E-state index in [2.05, 4.69) is 9.82 Å². The van der Waals surface area contributed by atoms with E-state index < -0.39 is 10.0 Å². The maximum absolute atomic E-state index is 11.9. The van der Waals surface area contributed by atoms with Gasteiger partial charge in [0.25, 0.3) is 0 Å². The van der Waals surface area contributed by atoms with Gasteiger partial charge in [-0.15, -0.1) is 0 Å². The van der Waals surface area contributed by atoms with Crippen molar-refractivity contribution < 1.29 is 13.2 Å². The number of rotatable bonds is 7. The standard InChI is InChI=1S/C18H25N3O3S/c1-2-25(22,23)20-18-7-4-3-6-15(18)14-24-17-10-8-16(9-11-17)21-13-5-12-19-21/h5,8-13,15,18,20H,2-4,6-7,14H2,1H3/t15-,18+/m0/s1. The second kappa shape index (κ2) is 8.01. The largest absolute Gasteiger partial charge is 0.493 e. The van der Waals surface area contributed by atoms with Gasteiger partial charge in [0.05, 0.1) is 18.0 Å². The van der Waals surface area contributed by atoms with Gasteiger partial charge in [-0.25, -0.2) is 17.8 Å². The van der Waals surface area contributed by atoms with E-state index in [1.54, 1.807) is 17.8 Å². The molecule has 6 nitrogen and oxygen atoms in total. The van der Waals surface area contributed by atoms with Gasteiger partial charge in [0, 0.05) is 24.4 Å². The van der Waals surface area contributed by atoms with E-state index in [1.165, 1.54) is 0 Å². The molecule has 0 unspecified atom stereocenters. The molecule has 7 heteroatoms. The molecule has 0 amide bonds. The summed E-state index contributed by atoms with van der Waals surface area (Å²) < 4.78 is 34.3. The summed E-state index contributed by atoms with van der Waals surface area (Å²) in [4.78, 5) is 0. The van der Waals surface area contributed by atoms with Crippen molar-refractivity contribution in [1.29, 1.82) is 0 Å². The molecule has 1 saturated carbocycles. The monoisotopic (exact) mass is 363 g/mol. The molecular formula is C18H25N3O3S. The van der Waals surface area contributed by atoms with Gasteiger partial charge < -0.3 is 4.74 Å². The quantitative estimate of drug-likeness (QED) is 0.821. The van der Waals surface area contributed by atoms with E-state index in [4.69, 9.17) is 4.74 Å². The Morgan fingerprint density at radius 3 is 2.68 bits per heavy atom. The fraction of sp³-hybridized carbons (Fsp3) is 0.500. The van der Waals surface area contributed by atoms with Crippen molar-refractivity contribution in [2.24, 2.45) is 5.92 Å². The third-order valence-electron chi connectivity index (χ3n) is 4.69. The molecule has 1 aliphatic carbocycles. The Balaban J connectivity index is 1.59. The molecule has 2 aromatic rings. The van der Waals surface area contributed by atoms with Crippen LogP contribution in [0.5, 0.6) is 5.75 Å². The lowest BCUT2D eigenvalue weighted by molar-refractivity contribution is 0.180. The molecule has 1 aromatic carbocycles. The minimum Gasteiger partial charge on any atom is -0.493 e. The molecule has 0 spiro atoms. The van der Waals surface area contributed by atoms with E-state index in [-0.39, 0.29) is 17.7 Å². The molecule has 136 valence electrons. The second-order valence-corrected chi connectivity index (χ2v) is 8.47. The number of benzene rings is 1. The van der Waals surface area contributed by atoms with Crippen LogP contribution in [0.1, 0.15) is 32.6 Å². The van der Waals surface area contributed by atoms with Crippen molar-refractivity contribution in [3.05, 3.63) is 42.7 Å². The molecule has 1 aliphatic rings. The third kappa shape index (κ3) is 4.83. The molecule has 3 rings (SSSR count). The highest BCUT2D eigenvalue weighted by molar-refractivity contribution is 7.89. The summed E-state index contributed by atoms with van der Waals surface area (Å²) in [5, 5.41) is 4.20. The summed E-state index contributed by atoms with van der Waals surface area (Å²) >= 11 is 0. The lowest BCUT2D eigenvalue weighted by Gasteiger charge is -2.31. The Kier molecular flexibility index (Phi) is 5.75. The summed E-state index contributed by atoms with van der Waals surface area (Å²) in [5.74, 6) is 1.12. The fourth-order valence-corrected chi connectivity index (χ4v) is 4.13. The third-order valence-corrected chi connectivity index (χ3v) is 6.11. The Morgan fingerprint density at radius 1 is 1.24 bits per heavy atom. The van der Waals surface area contributed by atoms with Crippen LogP contribution < -0.4 is 9.46 Å². The molecule has 0 radical (unpaired) electrons. The van der Waals surface area contributed by atoms with Crippen LogP contribution in [0.4, 0.5) is 0 Å². The van der Waals surface area contributed by atoms with Gasteiger partial charge in [-0.05, 0) is 50.1 Å². The van der Waals surface area contributed by atoms with Crippen molar-refractivity contribution in [2.45, 2.75) is 38.6 Å². The van der Waals surface area contributed by atoms with Crippen molar-refractivity contribution in [3.8, 4) is 11.4 Å². The first-order valence-corrected chi connectivity index (χ1v) is 10.5. The topological polar surface area (TPSA) is 73.2 Å². The smallest absolute Gasteiger partial charge is 0.211 e. The number of nitrogens with zero attached hydrogens (tertiary/aromatic N) is 2. The van der Waals surface area contributed by atoms with E-state index >= 15 is 0 Å². The molecule has 1 fully saturated rings. The van der Waals surface area contributed by atoms with Crippen LogP contribution in [0, 0.1) is 5.92 Å². The zero-order chi connectivity index (χ0) is 17.7. The summed E-state index contributed by atoms with van der Waals surface area (Å²) in [7, 11) is -3.18. The fourth-order valence-electron chi connectivity index (χ4n) is 3.20. The van der Waals surface area contributed by atoms with Crippen molar-refractivity contribution >= 4 is 10.0 Å². The minimum atomic E-state index is -3.18. The predicted molar refractivity (Wildman–Crippen MR) is 97.4 cm³/mol. The molecule has 0 bridgehead atoms. The van der Waals surface area contributed by atoms with E-state index in [9.17, 15) is 8.42 Å². The summed E-state index contributed by atoms with van der Waals surface area (Å²) in [6.45, 7) is 2.19. The normalized spacial score (nSPS) is 21.2. The van der Waals surface area contributed by atoms with Gasteiger partial charge in [-0.2, -0.15) is 5.10 Å². The molecule has 1 aromatic heterocycles. The van der Waals surface area contributed by atoms with E-state index in [1.807, 2.05) is 36.5 Å². The van der Waals surface area contributed by atoms with Gasteiger partial charge in [-0.1, -0.05) is 12.8 Å². The van der Waals surface area contributed by atoms with Gasteiger partial charge in [-0.3, -0.25) is 0 Å². The number of hydrogen-bond acceptors (Lipinski definition) is 4. The SMILES string of the molecule is CCS(=O)(=O)N[C@@H]1CCCC[C@H]1COc1ccc(-n2cccn2)cc1. The first-order valence-electron chi connectivity index (χ1n) is 8.80. The molecule has 1 heterocycles. The average Bonchev–Trinajstić information content (AvgIpc) is 3.16. The van der Waals surface area contributed by atoms with Crippen molar-refractivity contribution in [3.63, 3.8) is 0 Å². The number of hydrogen-bond donors (Lipinski definition) is 1. The van der Waals surface area contributed by atoms with Crippen LogP contribution in [0.3, 0.4) is 0 Å². The number of nitrogens with one attached hydrogen (secondary N) is 1. The minimum absolute atomic E-state index is 0.0259. The Morgan fingerprint density at radius 2 is 2.00 bits per heavy atom. The highest BCUT2D eigenvalue weighted by Gasteiger charge is 2.28. The maximum atomic E-state index is 11.9. The molecule has 25 heavy (non-hydrogen) atoms. The number of ether oxygens (including phenoxy) is 1. The second-order valence-electron chi connectivity index (χ2n) is 6.43. The zero-order valence-corrected chi connectivity index (χ0v) is 15.3. The number of aromatic nitrogens is 2. The lowest BCUT2D eigenvalue weighted by Crippen LogP contribution is -2.44. The van der Waals surface area contributed by atoms with Crippen LogP contribution >= 0.6 is 0 Å². The highest BCUT2D eigenvalue weighted by atomic mass is 32.2. The van der Waals surface area contributed by atoms with Gasteiger partial charge in [0.1, 0.15) is 5.75 Å². The van der Waals surface area contributed by atoms with Crippen LogP contribution in [0.15, 0.2) is 42.7 Å². The zero-order valence-electron chi connectivity index (χ0n) is 14.5. The van der Waals surface area contributed by atoms with Crippen LogP contribution in [0.25, 0.3) is 5.69 Å². The van der Waals surface area contributed by atoms with Crippen LogP contribution in [-0.2, 0) is 10.0 Å². The van der Waals surface area contributed by atoms with E-state index in [0.29, 0.717) is 6.61 Å². The van der Waals surface area contributed by atoms with Crippen LogP contribution in [0.2, 0.25) is 0 Å². The predicted octanol–water partition coefficient (Wildman–Crippen LogP) is 2.75. The molecule has 0 aliphatic heterocycles. The van der Waals surface area contributed by atoms with E-state index in [0.717, 1.165) is 37.1 Å². The number of sulfonamides is 1. The van der Waals surface area contributed by atoms with Crippen LogP contribution in [-0.4, -0.2) is 36.6 Å². The van der Waals surface area contributed by atoms with Crippen molar-refractivity contribution in [1.82, 2.24) is 14.5 Å². The maximum Gasteiger partial charge on any atom is 0.211 e. The van der Waals surface area contributed by atoms with Crippen molar-refractivity contribution in [2.75, 3.05) is 12.4 Å². The Labute approximate surface area is 149 Å². The summed E-state index contributed by atoms with van der Waals surface area (Å²) in [5.41, 5.74) is 0.976. The van der Waals surface area contributed by atoms with Gasteiger partial charge in [0.2, 0.25) is 10.0 Å². The molecular weight excluding hydrogens is 338 g/mol. The molecule has 1 N–H and O–H groups in total. The average molecular weight is 363 g/mol. The molecule has 2 atom stereocenters. The first-order chi connectivity index (χ1) is 12.1. The Bertz CT molecular complexity index is 757. The summed E-state index contributed by atoms with van der Waals surface area (Å²) in [6.07, 6.45) is 7.68. The highest BCUT2D eigenvalue weighted by Crippen LogP contribution is 2.26. The molecule has 0 saturated heterocycles. The summed E-state index contributed by atoms with van der Waals surface area (Å²) in [6, 6.07) is 9.62. The Hall–Kier alpha value is -1.86. The first kappa shape index (κ1) is 17.9. The van der Waals surface area contributed by atoms with Gasteiger partial charge >= 0.3 is 0 Å². The van der Waals surface area contributed by atoms with Gasteiger partial charge in [0.15, 0.2) is 0 Å².